The maximum absolute atomic E-state index is 12.5. The van der Waals surface area contributed by atoms with Crippen LogP contribution in [0.2, 0.25) is 0 Å². The van der Waals surface area contributed by atoms with E-state index in [0.717, 1.165) is 6.42 Å². The van der Waals surface area contributed by atoms with E-state index in [0.29, 0.717) is 13.1 Å². The number of carbonyl (C=O) groups is 1. The van der Waals surface area contributed by atoms with Gasteiger partial charge in [-0.05, 0) is 26.3 Å². The molecule has 1 aromatic heterocycles. The fourth-order valence-electron chi connectivity index (χ4n) is 2.18. The minimum atomic E-state index is -3.65. The molecule has 0 saturated heterocycles. The molecule has 0 aliphatic rings. The van der Waals surface area contributed by atoms with Crippen LogP contribution >= 0.6 is 0 Å². The molecular weight excluding hydrogens is 280 g/mol. The van der Waals surface area contributed by atoms with E-state index < -0.39 is 16.0 Å². The van der Waals surface area contributed by atoms with Crippen LogP contribution < -0.4 is 0 Å². The number of carboxylic acid groups (broad SMARTS) is 1. The molecule has 6 nitrogen and oxygen atoms in total. The normalized spacial score (nSPS) is 12.3. The van der Waals surface area contributed by atoms with Crippen LogP contribution in [-0.4, -0.2) is 41.0 Å². The Hall–Kier alpha value is -1.34. The van der Waals surface area contributed by atoms with Crippen LogP contribution in [-0.2, 0) is 16.6 Å². The summed E-state index contributed by atoms with van der Waals surface area (Å²) >= 11 is 0. The third-order valence-corrected chi connectivity index (χ3v) is 5.17. The lowest BCUT2D eigenvalue weighted by molar-refractivity contribution is 0.0685. The third kappa shape index (κ3) is 3.21. The highest BCUT2D eigenvalue weighted by Gasteiger charge is 2.28. The summed E-state index contributed by atoms with van der Waals surface area (Å²) in [7, 11) is -3.65. The van der Waals surface area contributed by atoms with Crippen molar-refractivity contribution >= 4 is 16.0 Å². The second-order valence-electron chi connectivity index (χ2n) is 4.86. The first kappa shape index (κ1) is 16.7. The predicted molar refractivity (Wildman–Crippen MR) is 76.4 cm³/mol. The van der Waals surface area contributed by atoms with Gasteiger partial charge in [0.05, 0.1) is 0 Å². The molecular formula is C13H22N2O4S. The molecule has 20 heavy (non-hydrogen) atoms. The fourth-order valence-corrected chi connectivity index (χ4v) is 3.86. The Morgan fingerprint density at radius 1 is 1.40 bits per heavy atom. The molecule has 1 aromatic rings. The zero-order valence-electron chi connectivity index (χ0n) is 12.3. The zero-order chi connectivity index (χ0) is 15.5. The number of rotatable bonds is 7. The van der Waals surface area contributed by atoms with Crippen molar-refractivity contribution in [1.29, 1.82) is 0 Å². The van der Waals surface area contributed by atoms with E-state index in [1.807, 2.05) is 6.92 Å². The van der Waals surface area contributed by atoms with Gasteiger partial charge in [-0.25, -0.2) is 13.2 Å². The molecule has 0 aliphatic carbocycles. The molecule has 1 rings (SSSR count). The Balaban J connectivity index is 3.32. The van der Waals surface area contributed by atoms with Gasteiger partial charge in [-0.15, -0.1) is 0 Å². The van der Waals surface area contributed by atoms with Crippen molar-refractivity contribution in [3.8, 4) is 0 Å². The molecule has 0 radical (unpaired) electrons. The van der Waals surface area contributed by atoms with Gasteiger partial charge >= 0.3 is 5.97 Å². The first-order valence-electron chi connectivity index (χ1n) is 6.71. The van der Waals surface area contributed by atoms with Gasteiger partial charge in [0, 0.05) is 25.3 Å². The van der Waals surface area contributed by atoms with Crippen molar-refractivity contribution in [3.05, 3.63) is 18.0 Å². The van der Waals surface area contributed by atoms with Gasteiger partial charge in [0.15, 0.2) is 0 Å². The van der Waals surface area contributed by atoms with Gasteiger partial charge in [0.25, 0.3) is 0 Å². The largest absolute Gasteiger partial charge is 0.477 e. The predicted octanol–water partition coefficient (Wildman–Crippen LogP) is 2.02. The van der Waals surface area contributed by atoms with Crippen molar-refractivity contribution < 1.29 is 18.3 Å². The molecule has 0 fully saturated rings. The summed E-state index contributed by atoms with van der Waals surface area (Å²) in [6, 6.07) is 1.06. The highest BCUT2D eigenvalue weighted by Crippen LogP contribution is 2.21. The number of aromatic nitrogens is 1. The van der Waals surface area contributed by atoms with Crippen LogP contribution in [0.3, 0.4) is 0 Å². The van der Waals surface area contributed by atoms with Gasteiger partial charge in [0.1, 0.15) is 10.6 Å². The average molecular weight is 302 g/mol. The Morgan fingerprint density at radius 2 is 2.00 bits per heavy atom. The van der Waals surface area contributed by atoms with E-state index in [4.69, 9.17) is 5.11 Å². The summed E-state index contributed by atoms with van der Waals surface area (Å²) in [4.78, 5) is 11.2. The molecule has 0 unspecified atom stereocenters. The summed E-state index contributed by atoms with van der Waals surface area (Å²) in [6.45, 7) is 8.08. The highest BCUT2D eigenvalue weighted by molar-refractivity contribution is 7.89. The topological polar surface area (TPSA) is 79.6 Å². The number of hydrogen-bond donors (Lipinski definition) is 1. The molecule has 0 atom stereocenters. The molecule has 1 N–H and O–H groups in total. The molecule has 1 heterocycles. The van der Waals surface area contributed by atoms with Gasteiger partial charge in [-0.3, -0.25) is 0 Å². The minimum Gasteiger partial charge on any atom is -0.477 e. The SMILES string of the molecule is CCCn1cc(S(=O)(=O)N(CC)C(C)C)cc1C(=O)O. The third-order valence-electron chi connectivity index (χ3n) is 3.05. The van der Waals surface area contributed by atoms with Gasteiger partial charge in [-0.2, -0.15) is 4.31 Å². The van der Waals surface area contributed by atoms with Crippen LogP contribution in [0.15, 0.2) is 17.2 Å². The average Bonchev–Trinajstić information content (AvgIpc) is 2.74. The second-order valence-corrected chi connectivity index (χ2v) is 6.75. The van der Waals surface area contributed by atoms with E-state index in [9.17, 15) is 13.2 Å². The van der Waals surface area contributed by atoms with Crippen molar-refractivity contribution in [3.63, 3.8) is 0 Å². The summed E-state index contributed by atoms with van der Waals surface area (Å²) in [6.07, 6.45) is 2.14. The van der Waals surface area contributed by atoms with E-state index in [-0.39, 0.29) is 16.6 Å². The Morgan fingerprint density at radius 3 is 2.40 bits per heavy atom. The number of nitrogens with zero attached hydrogens (tertiary/aromatic N) is 2. The Kier molecular flexibility index (Phi) is 5.35. The number of aromatic carboxylic acids is 1. The molecule has 0 amide bonds. The number of carboxylic acids is 1. The molecule has 0 aromatic carbocycles. The van der Waals surface area contributed by atoms with E-state index >= 15 is 0 Å². The lowest BCUT2D eigenvalue weighted by Gasteiger charge is -2.23. The maximum atomic E-state index is 12.5. The lowest BCUT2D eigenvalue weighted by Crippen LogP contribution is -2.36. The summed E-state index contributed by atoms with van der Waals surface area (Å²) in [5, 5.41) is 9.15. The van der Waals surface area contributed by atoms with Gasteiger partial charge < -0.3 is 9.67 Å². The van der Waals surface area contributed by atoms with Crippen LogP contribution in [0.4, 0.5) is 0 Å². The molecule has 0 spiro atoms. The molecule has 7 heteroatoms. The van der Waals surface area contributed by atoms with Crippen molar-refractivity contribution in [2.24, 2.45) is 0 Å². The number of aryl methyl sites for hydroxylation is 1. The van der Waals surface area contributed by atoms with Crippen molar-refractivity contribution in [1.82, 2.24) is 8.87 Å². The lowest BCUT2D eigenvalue weighted by atomic mass is 10.4. The number of hydrogen-bond acceptors (Lipinski definition) is 3. The highest BCUT2D eigenvalue weighted by atomic mass is 32.2. The van der Waals surface area contributed by atoms with Crippen molar-refractivity contribution in [2.45, 2.75) is 51.6 Å². The monoisotopic (exact) mass is 302 g/mol. The maximum Gasteiger partial charge on any atom is 0.352 e. The number of sulfonamides is 1. The standard InChI is InChI=1S/C13H22N2O4S/c1-5-7-14-9-11(8-12(14)13(16)17)20(18,19)15(6-2)10(3)4/h8-10H,5-7H2,1-4H3,(H,16,17). The molecule has 0 bridgehead atoms. The summed E-state index contributed by atoms with van der Waals surface area (Å²) < 4.78 is 27.9. The van der Waals surface area contributed by atoms with E-state index in [1.165, 1.54) is 21.1 Å². The van der Waals surface area contributed by atoms with Crippen LogP contribution in [0.5, 0.6) is 0 Å². The summed E-state index contributed by atoms with van der Waals surface area (Å²) in [5.74, 6) is -1.12. The van der Waals surface area contributed by atoms with Crippen LogP contribution in [0.1, 0.15) is 44.6 Å². The Labute approximate surface area is 120 Å². The first-order valence-corrected chi connectivity index (χ1v) is 8.15. The van der Waals surface area contributed by atoms with Crippen molar-refractivity contribution in [2.75, 3.05) is 6.54 Å². The van der Waals surface area contributed by atoms with E-state index in [1.54, 1.807) is 20.8 Å². The van der Waals surface area contributed by atoms with Crippen LogP contribution in [0, 0.1) is 0 Å². The smallest absolute Gasteiger partial charge is 0.352 e. The minimum absolute atomic E-state index is 0.00485. The summed E-state index contributed by atoms with van der Waals surface area (Å²) in [5.41, 5.74) is 0.00485. The van der Waals surface area contributed by atoms with Gasteiger partial charge in [-0.1, -0.05) is 13.8 Å². The Bertz CT molecular complexity index is 575. The van der Waals surface area contributed by atoms with E-state index in [2.05, 4.69) is 0 Å². The van der Waals surface area contributed by atoms with Crippen LogP contribution in [0.25, 0.3) is 0 Å². The quantitative estimate of drug-likeness (QED) is 0.835. The zero-order valence-corrected chi connectivity index (χ0v) is 13.1. The molecule has 0 saturated carbocycles. The van der Waals surface area contributed by atoms with Gasteiger partial charge in [0.2, 0.25) is 10.0 Å². The fraction of sp³-hybridized carbons (Fsp3) is 0.615. The molecule has 114 valence electrons. The second kappa shape index (κ2) is 6.41. The molecule has 0 aliphatic heterocycles. The first-order chi connectivity index (χ1) is 9.25.